The van der Waals surface area contributed by atoms with E-state index in [0.29, 0.717) is 47.8 Å². The molecule has 4 aromatic carbocycles. The summed E-state index contributed by atoms with van der Waals surface area (Å²) in [6, 6.07) is 21.7. The molecule has 4 nitrogen and oxygen atoms in total. The van der Waals surface area contributed by atoms with Gasteiger partial charge >= 0.3 is 0 Å². The molecule has 5 aliphatic heterocycles. The Morgan fingerprint density at radius 1 is 0.283 bits per heavy atom. The second-order valence-corrected chi connectivity index (χ2v) is 20.5. The molecule has 3 fully saturated rings. The minimum atomic E-state index is 0.228. The third kappa shape index (κ3) is 7.38. The summed E-state index contributed by atoms with van der Waals surface area (Å²) in [6.07, 6.45) is 15.0. The van der Waals surface area contributed by atoms with Crippen LogP contribution in [0.3, 0.4) is 0 Å². The van der Waals surface area contributed by atoms with Gasteiger partial charge in [-0.1, -0.05) is 95.1 Å². The number of nitrogens with one attached hydrogen (secondary N) is 4. The van der Waals surface area contributed by atoms with E-state index in [4.69, 9.17) is 0 Å². The molecule has 5 heterocycles. The minimum Gasteiger partial charge on any atom is -0.310 e. The van der Waals surface area contributed by atoms with Crippen LogP contribution < -0.4 is 21.3 Å². The first-order valence-electron chi connectivity index (χ1n) is 23.4. The van der Waals surface area contributed by atoms with Crippen LogP contribution in [-0.4, -0.2) is 48.3 Å². The SMILES string of the molecule is Cc1cc(C)c(C2C3C=CC(N3)C(c3c(C)cc(C)cc3C)C3CCC(N3)C(c3c(C)cc(C)cc3C)C3C=CC(N3)C(c3c(C)cc(C)cc3C)C3CCC2N3)c(C)c1. The van der Waals surface area contributed by atoms with Gasteiger partial charge in [-0.15, -0.1) is 0 Å². The van der Waals surface area contributed by atoms with Gasteiger partial charge in [-0.25, -0.2) is 0 Å². The summed E-state index contributed by atoms with van der Waals surface area (Å²) < 4.78 is 0. The molecule has 3 saturated heterocycles. The zero-order chi connectivity index (χ0) is 42.3. The lowest BCUT2D eigenvalue weighted by Crippen LogP contribution is -2.52. The predicted octanol–water partition coefficient (Wildman–Crippen LogP) is 10.9. The van der Waals surface area contributed by atoms with Crippen molar-refractivity contribution in [1.82, 2.24) is 21.3 Å². The van der Waals surface area contributed by atoms with Crippen molar-refractivity contribution in [3.05, 3.63) is 162 Å². The van der Waals surface area contributed by atoms with Crippen molar-refractivity contribution in [2.75, 3.05) is 0 Å². The van der Waals surface area contributed by atoms with Crippen molar-refractivity contribution in [3.63, 3.8) is 0 Å². The molecule has 60 heavy (non-hydrogen) atoms. The lowest BCUT2D eigenvalue weighted by Gasteiger charge is -2.39. The Kier molecular flexibility index (Phi) is 11.2. The van der Waals surface area contributed by atoms with Gasteiger partial charge in [-0.05, 0) is 176 Å². The van der Waals surface area contributed by atoms with Crippen LogP contribution in [0.5, 0.6) is 0 Å². The first kappa shape index (κ1) is 41.5. The van der Waals surface area contributed by atoms with E-state index in [9.17, 15) is 0 Å². The van der Waals surface area contributed by atoms with Crippen LogP contribution in [0.1, 0.15) is 138 Å². The topological polar surface area (TPSA) is 48.1 Å². The molecular formula is C56H72N4. The first-order valence-corrected chi connectivity index (χ1v) is 23.4. The fourth-order valence-corrected chi connectivity index (χ4v) is 14.2. The van der Waals surface area contributed by atoms with Crippen molar-refractivity contribution < 1.29 is 0 Å². The summed E-state index contributed by atoms with van der Waals surface area (Å²) in [7, 11) is 0. The summed E-state index contributed by atoms with van der Waals surface area (Å²) in [6.45, 7) is 28.0. The van der Waals surface area contributed by atoms with E-state index in [1.54, 1.807) is 0 Å². The fourth-order valence-electron chi connectivity index (χ4n) is 14.2. The van der Waals surface area contributed by atoms with Crippen LogP contribution >= 0.6 is 0 Å². The smallest absolute Gasteiger partial charge is 0.0340 e. The van der Waals surface area contributed by atoms with Gasteiger partial charge in [0.2, 0.25) is 0 Å². The molecule has 0 saturated carbocycles. The Bertz CT molecular complexity index is 1950. The molecule has 4 aromatic rings. The van der Waals surface area contributed by atoms with E-state index in [1.807, 2.05) is 0 Å². The number of hydrogen-bond acceptors (Lipinski definition) is 4. The van der Waals surface area contributed by atoms with Crippen LogP contribution in [0.15, 0.2) is 72.8 Å². The average molecular weight is 801 g/mol. The van der Waals surface area contributed by atoms with Crippen molar-refractivity contribution in [2.24, 2.45) is 0 Å². The van der Waals surface area contributed by atoms with Crippen molar-refractivity contribution in [1.29, 1.82) is 0 Å². The molecule has 0 radical (unpaired) electrons. The highest BCUT2D eigenvalue weighted by molar-refractivity contribution is 5.49. The van der Waals surface area contributed by atoms with E-state index in [1.165, 1.54) is 89.0 Å². The Labute approximate surface area is 362 Å². The number of aryl methyl sites for hydroxylation is 12. The van der Waals surface area contributed by atoms with Gasteiger partial charge in [0, 0.05) is 72.0 Å². The standard InChI is InChI=1S/C56H72N4/c1-29-21-33(5)49(34(6)22-29)53-41-13-15-43(57-41)54(50-35(7)23-30(2)24-36(50)8)45-17-19-47(59-45)56(52-39(11)27-32(4)28-40(52)12)48-20-18-46(60-48)55(44-16-14-42(53)58-44)51-37(9)25-31(3)26-38(51)10/h13,15,18,20-28,41-48,53-60H,14,16-17,19H2,1-12H3. The second kappa shape index (κ2) is 16.2. The second-order valence-electron chi connectivity index (χ2n) is 20.5. The highest BCUT2D eigenvalue weighted by Gasteiger charge is 2.48. The van der Waals surface area contributed by atoms with Crippen LogP contribution in [0.4, 0.5) is 0 Å². The van der Waals surface area contributed by atoms with Gasteiger partial charge in [-0.2, -0.15) is 0 Å². The number of rotatable bonds is 4. The molecule has 0 spiro atoms. The third-order valence-electron chi connectivity index (χ3n) is 15.8. The summed E-state index contributed by atoms with van der Waals surface area (Å²) in [5.74, 6) is 1.25. The summed E-state index contributed by atoms with van der Waals surface area (Å²) >= 11 is 0. The Balaban J connectivity index is 1.22. The maximum atomic E-state index is 4.48. The van der Waals surface area contributed by atoms with Gasteiger partial charge in [0.15, 0.2) is 0 Å². The zero-order valence-corrected chi connectivity index (χ0v) is 38.7. The van der Waals surface area contributed by atoms with Gasteiger partial charge in [0.1, 0.15) is 0 Å². The normalized spacial score (nSPS) is 32.3. The van der Waals surface area contributed by atoms with E-state index in [0.717, 1.165) is 25.7 Å². The maximum absolute atomic E-state index is 4.48. The molecule has 0 aliphatic carbocycles. The first-order chi connectivity index (χ1) is 28.7. The van der Waals surface area contributed by atoms with Crippen LogP contribution in [0, 0.1) is 83.1 Å². The monoisotopic (exact) mass is 801 g/mol. The lowest BCUT2D eigenvalue weighted by atomic mass is 9.78. The van der Waals surface area contributed by atoms with E-state index in [2.05, 4.69) is 177 Å². The summed E-state index contributed by atoms with van der Waals surface area (Å²) in [5, 5.41) is 17.8. The molecule has 316 valence electrons. The lowest BCUT2D eigenvalue weighted by molar-refractivity contribution is 0.315. The Morgan fingerprint density at radius 2 is 0.467 bits per heavy atom. The predicted molar refractivity (Wildman–Crippen MR) is 253 cm³/mol. The van der Waals surface area contributed by atoms with Gasteiger partial charge in [-0.3, -0.25) is 0 Å². The molecule has 4 N–H and O–H groups in total. The van der Waals surface area contributed by atoms with Crippen molar-refractivity contribution >= 4 is 0 Å². The molecule has 5 aliphatic rings. The molecule has 4 heteroatoms. The van der Waals surface area contributed by atoms with Gasteiger partial charge < -0.3 is 21.3 Å². The van der Waals surface area contributed by atoms with E-state index in [-0.39, 0.29) is 24.2 Å². The molecular weight excluding hydrogens is 729 g/mol. The summed E-state index contributed by atoms with van der Waals surface area (Å²) in [4.78, 5) is 0. The van der Waals surface area contributed by atoms with Gasteiger partial charge in [0.25, 0.3) is 0 Å². The highest BCUT2D eigenvalue weighted by Crippen LogP contribution is 2.47. The van der Waals surface area contributed by atoms with Crippen LogP contribution in [-0.2, 0) is 0 Å². The largest absolute Gasteiger partial charge is 0.310 e. The minimum absolute atomic E-state index is 0.228. The Hall–Kier alpha value is -3.80. The molecule has 0 amide bonds. The average Bonchev–Trinajstić information content (AvgIpc) is 3.99. The quantitative estimate of drug-likeness (QED) is 0.155. The number of hydrogen-bond donors (Lipinski definition) is 4. The van der Waals surface area contributed by atoms with E-state index >= 15 is 0 Å². The van der Waals surface area contributed by atoms with Crippen molar-refractivity contribution in [3.8, 4) is 0 Å². The third-order valence-corrected chi connectivity index (χ3v) is 15.8. The maximum Gasteiger partial charge on any atom is 0.0340 e. The Morgan fingerprint density at radius 3 is 0.650 bits per heavy atom. The molecule has 12 unspecified atom stereocenters. The fraction of sp³-hybridized carbons (Fsp3) is 0.500. The van der Waals surface area contributed by atoms with Crippen LogP contribution in [0.25, 0.3) is 0 Å². The van der Waals surface area contributed by atoms with Crippen LogP contribution in [0.2, 0.25) is 0 Å². The van der Waals surface area contributed by atoms with E-state index < -0.39 is 0 Å². The highest BCUT2D eigenvalue weighted by atomic mass is 15.1. The zero-order valence-electron chi connectivity index (χ0n) is 38.7. The molecule has 8 bridgehead atoms. The molecule has 12 atom stereocenters. The number of benzene rings is 4. The molecule has 9 rings (SSSR count). The van der Waals surface area contributed by atoms with Gasteiger partial charge in [0.05, 0.1) is 0 Å². The molecule has 0 aromatic heterocycles. The van der Waals surface area contributed by atoms with Crippen molar-refractivity contribution in [2.45, 2.75) is 181 Å². The number of fused-ring (bicyclic) bond motifs is 8. The summed E-state index contributed by atoms with van der Waals surface area (Å²) in [5.41, 5.74) is 23.0.